The third-order valence-corrected chi connectivity index (χ3v) is 4.77. The van der Waals surface area contributed by atoms with Crippen LogP contribution in [0.1, 0.15) is 57.8 Å². The second kappa shape index (κ2) is 7.38. The van der Waals surface area contributed by atoms with Gasteiger partial charge in [-0.3, -0.25) is 0 Å². The second-order valence-electron chi connectivity index (χ2n) is 5.94. The predicted molar refractivity (Wildman–Crippen MR) is 72.2 cm³/mol. The van der Waals surface area contributed by atoms with E-state index in [2.05, 4.69) is 12.4 Å². The molecule has 2 nitrogen and oxygen atoms in total. The van der Waals surface area contributed by atoms with Crippen molar-refractivity contribution < 1.29 is 4.74 Å². The molecule has 0 aromatic carbocycles. The molecule has 2 fully saturated rings. The van der Waals surface area contributed by atoms with Gasteiger partial charge < -0.3 is 10.1 Å². The van der Waals surface area contributed by atoms with Crippen molar-refractivity contribution >= 4 is 0 Å². The Bertz CT molecular complexity index is 193. The molecule has 2 heteroatoms. The Kier molecular flexibility index (Phi) is 5.79. The third kappa shape index (κ3) is 4.26. The van der Waals surface area contributed by atoms with Gasteiger partial charge in [0.2, 0.25) is 0 Å². The summed E-state index contributed by atoms with van der Waals surface area (Å²) in [4.78, 5) is 0. The molecule has 1 heterocycles. The van der Waals surface area contributed by atoms with Crippen LogP contribution >= 0.6 is 0 Å². The maximum Gasteiger partial charge on any atom is 0.0469 e. The van der Waals surface area contributed by atoms with Crippen LogP contribution in [0.5, 0.6) is 0 Å². The average molecular weight is 239 g/mol. The van der Waals surface area contributed by atoms with E-state index in [4.69, 9.17) is 4.74 Å². The van der Waals surface area contributed by atoms with E-state index >= 15 is 0 Å². The van der Waals surface area contributed by atoms with Crippen LogP contribution in [-0.4, -0.2) is 26.3 Å². The zero-order chi connectivity index (χ0) is 11.9. The Hall–Kier alpha value is -0.0800. The first-order chi connectivity index (χ1) is 8.40. The Morgan fingerprint density at radius 3 is 2.24 bits per heavy atom. The molecule has 0 radical (unpaired) electrons. The molecule has 1 unspecified atom stereocenters. The van der Waals surface area contributed by atoms with Gasteiger partial charge in [-0.1, -0.05) is 38.5 Å². The van der Waals surface area contributed by atoms with Gasteiger partial charge in [0.05, 0.1) is 0 Å². The minimum atomic E-state index is 0.738. The fraction of sp³-hybridized carbons (Fsp3) is 1.00. The summed E-state index contributed by atoms with van der Waals surface area (Å²) >= 11 is 0. The van der Waals surface area contributed by atoms with Crippen LogP contribution < -0.4 is 5.32 Å². The molecule has 0 amide bonds. The summed E-state index contributed by atoms with van der Waals surface area (Å²) in [5.41, 5.74) is 0. The molecule has 1 aliphatic carbocycles. The summed E-state index contributed by atoms with van der Waals surface area (Å²) in [6.07, 6.45) is 12.8. The Labute approximate surface area is 107 Å². The van der Waals surface area contributed by atoms with Gasteiger partial charge >= 0.3 is 0 Å². The van der Waals surface area contributed by atoms with Crippen LogP contribution in [-0.2, 0) is 4.74 Å². The van der Waals surface area contributed by atoms with Crippen LogP contribution in [0.2, 0.25) is 0 Å². The van der Waals surface area contributed by atoms with Crippen LogP contribution in [0.4, 0.5) is 0 Å². The quantitative estimate of drug-likeness (QED) is 0.760. The molecule has 17 heavy (non-hydrogen) atoms. The average Bonchev–Trinajstić information content (AvgIpc) is 2.65. The summed E-state index contributed by atoms with van der Waals surface area (Å²) < 4.78 is 5.48. The molecule has 0 aromatic rings. The number of rotatable bonds is 4. The highest BCUT2D eigenvalue weighted by Gasteiger charge is 2.25. The maximum atomic E-state index is 5.48. The molecule has 1 saturated carbocycles. The summed E-state index contributed by atoms with van der Waals surface area (Å²) in [7, 11) is 2.15. The van der Waals surface area contributed by atoms with E-state index < -0.39 is 0 Å². The highest BCUT2D eigenvalue weighted by Crippen LogP contribution is 2.30. The van der Waals surface area contributed by atoms with Crippen molar-refractivity contribution in [3.63, 3.8) is 0 Å². The van der Waals surface area contributed by atoms with Gasteiger partial charge in [-0.05, 0) is 38.1 Å². The normalized spacial score (nSPS) is 26.6. The fourth-order valence-corrected chi connectivity index (χ4v) is 3.62. The van der Waals surface area contributed by atoms with Gasteiger partial charge in [-0.2, -0.15) is 0 Å². The third-order valence-electron chi connectivity index (χ3n) is 4.77. The van der Waals surface area contributed by atoms with Crippen molar-refractivity contribution in [2.45, 2.75) is 63.8 Å². The van der Waals surface area contributed by atoms with Crippen molar-refractivity contribution in [3.8, 4) is 0 Å². The highest BCUT2D eigenvalue weighted by atomic mass is 16.5. The maximum absolute atomic E-state index is 5.48. The smallest absolute Gasteiger partial charge is 0.0469 e. The first-order valence-corrected chi connectivity index (χ1v) is 7.65. The highest BCUT2D eigenvalue weighted by molar-refractivity contribution is 4.80. The largest absolute Gasteiger partial charge is 0.381 e. The lowest BCUT2D eigenvalue weighted by Crippen LogP contribution is -2.38. The Morgan fingerprint density at radius 2 is 1.65 bits per heavy atom. The van der Waals surface area contributed by atoms with Crippen LogP contribution in [0, 0.1) is 11.8 Å². The van der Waals surface area contributed by atoms with Crippen molar-refractivity contribution in [1.29, 1.82) is 0 Å². The molecule has 1 atom stereocenters. The van der Waals surface area contributed by atoms with Gasteiger partial charge in [-0.15, -0.1) is 0 Å². The number of hydrogen-bond acceptors (Lipinski definition) is 2. The molecule has 1 saturated heterocycles. The lowest BCUT2D eigenvalue weighted by molar-refractivity contribution is 0.0508. The molecule has 0 aromatic heterocycles. The lowest BCUT2D eigenvalue weighted by Gasteiger charge is -2.32. The van der Waals surface area contributed by atoms with E-state index in [9.17, 15) is 0 Å². The second-order valence-corrected chi connectivity index (χ2v) is 5.94. The van der Waals surface area contributed by atoms with E-state index in [0.29, 0.717) is 0 Å². The number of nitrogens with one attached hydrogen (secondary N) is 1. The molecule has 100 valence electrons. The van der Waals surface area contributed by atoms with E-state index in [1.165, 1.54) is 57.8 Å². The molecular formula is C15H29NO. The predicted octanol–water partition coefficient (Wildman–Crippen LogP) is 3.36. The van der Waals surface area contributed by atoms with Gasteiger partial charge in [0.25, 0.3) is 0 Å². The first kappa shape index (κ1) is 13.4. The van der Waals surface area contributed by atoms with Gasteiger partial charge in [0.1, 0.15) is 0 Å². The molecule has 1 aliphatic heterocycles. The molecule has 0 spiro atoms. The van der Waals surface area contributed by atoms with Crippen molar-refractivity contribution in [3.05, 3.63) is 0 Å². The summed E-state index contributed by atoms with van der Waals surface area (Å²) in [6, 6.07) is 0.738. The zero-order valence-corrected chi connectivity index (χ0v) is 11.4. The Morgan fingerprint density at radius 1 is 1.00 bits per heavy atom. The molecule has 1 N–H and O–H groups in total. The Balaban J connectivity index is 1.80. The zero-order valence-electron chi connectivity index (χ0n) is 11.4. The van der Waals surface area contributed by atoms with Gasteiger partial charge in [0, 0.05) is 19.3 Å². The minimum absolute atomic E-state index is 0.738. The van der Waals surface area contributed by atoms with Crippen LogP contribution in [0.3, 0.4) is 0 Å². The summed E-state index contributed by atoms with van der Waals surface area (Å²) in [6.45, 7) is 1.96. The molecule has 2 aliphatic rings. The standard InChI is InChI=1S/C15H29NO/c1-16-15(14-8-10-17-11-9-14)12-13-6-4-2-3-5-7-13/h13-16H,2-12H2,1H3. The monoisotopic (exact) mass is 239 g/mol. The number of ether oxygens (including phenoxy) is 1. The van der Waals surface area contributed by atoms with Crippen molar-refractivity contribution in [2.24, 2.45) is 11.8 Å². The van der Waals surface area contributed by atoms with Crippen LogP contribution in [0.15, 0.2) is 0 Å². The van der Waals surface area contributed by atoms with E-state index in [1.54, 1.807) is 0 Å². The van der Waals surface area contributed by atoms with Gasteiger partial charge in [0.15, 0.2) is 0 Å². The van der Waals surface area contributed by atoms with E-state index in [0.717, 1.165) is 31.1 Å². The summed E-state index contributed by atoms with van der Waals surface area (Å²) in [5.74, 6) is 1.84. The van der Waals surface area contributed by atoms with E-state index in [1.807, 2.05) is 0 Å². The fourth-order valence-electron chi connectivity index (χ4n) is 3.62. The molecular weight excluding hydrogens is 210 g/mol. The SMILES string of the molecule is CNC(CC1CCCCCC1)C1CCOCC1. The van der Waals surface area contributed by atoms with Gasteiger partial charge in [-0.25, -0.2) is 0 Å². The number of hydrogen-bond donors (Lipinski definition) is 1. The minimum Gasteiger partial charge on any atom is -0.381 e. The first-order valence-electron chi connectivity index (χ1n) is 7.65. The molecule has 2 rings (SSSR count). The topological polar surface area (TPSA) is 21.3 Å². The van der Waals surface area contributed by atoms with Crippen molar-refractivity contribution in [2.75, 3.05) is 20.3 Å². The van der Waals surface area contributed by atoms with Crippen molar-refractivity contribution in [1.82, 2.24) is 5.32 Å². The van der Waals surface area contributed by atoms with Crippen LogP contribution in [0.25, 0.3) is 0 Å². The summed E-state index contributed by atoms with van der Waals surface area (Å²) in [5, 5.41) is 3.58. The molecule has 0 bridgehead atoms. The lowest BCUT2D eigenvalue weighted by atomic mass is 9.83. The van der Waals surface area contributed by atoms with E-state index in [-0.39, 0.29) is 0 Å².